The Hall–Kier alpha value is -2.40. The molecule has 1 aliphatic heterocycles. The minimum atomic E-state index is -0.483. The first-order valence-corrected chi connectivity index (χ1v) is 10.3. The molecule has 0 aliphatic carbocycles. The molecule has 1 aromatic carbocycles. The van der Waals surface area contributed by atoms with E-state index in [1.807, 2.05) is 37.5 Å². The van der Waals surface area contributed by atoms with E-state index in [2.05, 4.69) is 45.7 Å². The van der Waals surface area contributed by atoms with Crippen molar-refractivity contribution in [1.29, 1.82) is 0 Å². The summed E-state index contributed by atoms with van der Waals surface area (Å²) in [6.07, 6.45) is 10.6. The zero-order chi connectivity index (χ0) is 19.8. The third kappa shape index (κ3) is 4.90. The van der Waals surface area contributed by atoms with E-state index in [0.29, 0.717) is 19.6 Å². The second-order valence-electron chi connectivity index (χ2n) is 7.46. The van der Waals surface area contributed by atoms with Crippen molar-refractivity contribution in [3.8, 4) is 0 Å². The number of ether oxygens (including phenoxy) is 1. The number of likely N-dealkylation sites (tertiary alicyclic amines) is 1. The quantitative estimate of drug-likeness (QED) is 0.645. The lowest BCUT2D eigenvalue weighted by Crippen LogP contribution is -2.48. The fourth-order valence-electron chi connectivity index (χ4n) is 4.03. The highest BCUT2D eigenvalue weighted by Crippen LogP contribution is 2.36. The number of carbonyl (C=O) groups excluding carboxylic acids is 1. The summed E-state index contributed by atoms with van der Waals surface area (Å²) in [6, 6.07) is 10.2. The van der Waals surface area contributed by atoms with Gasteiger partial charge in [-0.15, -0.1) is 0 Å². The van der Waals surface area contributed by atoms with Gasteiger partial charge in [0.15, 0.2) is 0 Å². The number of rotatable bonds is 8. The predicted molar refractivity (Wildman–Crippen MR) is 112 cm³/mol. The van der Waals surface area contributed by atoms with Gasteiger partial charge in [0, 0.05) is 25.5 Å². The fourth-order valence-corrected chi connectivity index (χ4v) is 4.03. The summed E-state index contributed by atoms with van der Waals surface area (Å²) in [6.45, 7) is 7.80. The second kappa shape index (κ2) is 9.69. The lowest BCUT2D eigenvalue weighted by Gasteiger charge is -2.40. The van der Waals surface area contributed by atoms with Crippen molar-refractivity contribution >= 4 is 12.0 Å². The molecule has 2 aromatic rings. The van der Waals surface area contributed by atoms with E-state index in [9.17, 15) is 4.79 Å². The number of aromatic nitrogens is 2. The Bertz CT molecular complexity index is 784. The molecule has 0 unspecified atom stereocenters. The lowest BCUT2D eigenvalue weighted by atomic mass is 9.76. The van der Waals surface area contributed by atoms with Gasteiger partial charge in [-0.1, -0.05) is 42.5 Å². The molecule has 1 aromatic heterocycles. The Morgan fingerprint density at radius 1 is 1.29 bits per heavy atom. The number of hydrogen-bond acceptors (Lipinski definition) is 4. The maximum atomic E-state index is 12.9. The molecule has 150 valence electrons. The molecule has 0 amide bonds. The number of aryl methyl sites for hydroxylation is 1. The summed E-state index contributed by atoms with van der Waals surface area (Å²) in [7, 11) is 0. The highest BCUT2D eigenvalue weighted by atomic mass is 16.5. The van der Waals surface area contributed by atoms with Crippen molar-refractivity contribution < 1.29 is 9.53 Å². The van der Waals surface area contributed by atoms with E-state index in [4.69, 9.17) is 4.74 Å². The number of esters is 1. The summed E-state index contributed by atoms with van der Waals surface area (Å²) in [4.78, 5) is 19.8. The molecule has 1 saturated heterocycles. The van der Waals surface area contributed by atoms with Crippen LogP contribution >= 0.6 is 0 Å². The van der Waals surface area contributed by atoms with Crippen molar-refractivity contribution in [2.45, 2.75) is 46.2 Å². The van der Waals surface area contributed by atoms with Crippen LogP contribution in [-0.4, -0.2) is 40.1 Å². The molecule has 1 fully saturated rings. The third-order valence-electron chi connectivity index (χ3n) is 5.49. The van der Waals surface area contributed by atoms with Crippen molar-refractivity contribution in [1.82, 2.24) is 14.5 Å². The third-order valence-corrected chi connectivity index (χ3v) is 5.49. The Kier molecular flexibility index (Phi) is 7.04. The van der Waals surface area contributed by atoms with Gasteiger partial charge in [-0.25, -0.2) is 4.98 Å². The van der Waals surface area contributed by atoms with Crippen molar-refractivity contribution in [2.75, 3.05) is 19.7 Å². The van der Waals surface area contributed by atoms with Gasteiger partial charge in [0.05, 0.1) is 18.6 Å². The number of nitrogens with zero attached hydrogens (tertiary/aromatic N) is 3. The maximum absolute atomic E-state index is 12.9. The monoisotopic (exact) mass is 381 g/mol. The van der Waals surface area contributed by atoms with Gasteiger partial charge >= 0.3 is 5.97 Å². The summed E-state index contributed by atoms with van der Waals surface area (Å²) < 4.78 is 7.66. The van der Waals surface area contributed by atoms with Crippen LogP contribution < -0.4 is 0 Å². The van der Waals surface area contributed by atoms with Crippen LogP contribution in [0.3, 0.4) is 0 Å². The van der Waals surface area contributed by atoms with Crippen LogP contribution in [0.5, 0.6) is 0 Å². The predicted octanol–water partition coefficient (Wildman–Crippen LogP) is 4.15. The second-order valence-corrected chi connectivity index (χ2v) is 7.46. The standard InChI is InChI=1S/C23H31N3O2/c1-3-26-17-15-24-21(26)18-25-16-9-14-23(19-25,22(27)28-4-2)13-8-12-20-10-6-5-7-11-20/h5-8,10-12,15,17H,3-4,9,13-14,16,18-19H2,1-2H3/b12-8+/t23-/m0/s1. The Morgan fingerprint density at radius 2 is 2.11 bits per heavy atom. The first kappa shape index (κ1) is 20.3. The molecule has 0 bridgehead atoms. The van der Waals surface area contributed by atoms with E-state index < -0.39 is 5.41 Å². The number of hydrogen-bond donors (Lipinski definition) is 0. The highest BCUT2D eigenvalue weighted by molar-refractivity contribution is 5.77. The zero-order valence-corrected chi connectivity index (χ0v) is 17.0. The molecule has 5 nitrogen and oxygen atoms in total. The van der Waals surface area contributed by atoms with E-state index in [0.717, 1.165) is 43.9 Å². The molecule has 0 saturated carbocycles. The molecule has 0 N–H and O–H groups in total. The van der Waals surface area contributed by atoms with E-state index in [1.54, 1.807) is 0 Å². The SMILES string of the molecule is CCOC(=O)[C@@]1(C/C=C/c2ccccc2)CCCN(Cc2nccn2CC)C1. The van der Waals surface area contributed by atoms with Gasteiger partial charge in [-0.2, -0.15) is 0 Å². The van der Waals surface area contributed by atoms with E-state index in [-0.39, 0.29) is 5.97 Å². The number of carbonyl (C=O) groups is 1. The Labute approximate surface area is 168 Å². The molecule has 1 aliphatic rings. The molecule has 0 radical (unpaired) electrons. The minimum Gasteiger partial charge on any atom is -0.466 e. The van der Waals surface area contributed by atoms with Crippen LogP contribution in [-0.2, 0) is 22.6 Å². The molecular formula is C23H31N3O2. The summed E-state index contributed by atoms with van der Waals surface area (Å²) >= 11 is 0. The largest absolute Gasteiger partial charge is 0.466 e. The first-order valence-electron chi connectivity index (χ1n) is 10.3. The van der Waals surface area contributed by atoms with Crippen molar-refractivity contribution in [3.05, 3.63) is 60.2 Å². The van der Waals surface area contributed by atoms with Crippen LogP contribution in [0, 0.1) is 5.41 Å². The highest BCUT2D eigenvalue weighted by Gasteiger charge is 2.42. The minimum absolute atomic E-state index is 0.0729. The number of imidazole rings is 1. The Balaban J connectivity index is 1.74. The summed E-state index contributed by atoms with van der Waals surface area (Å²) in [5.41, 5.74) is 0.669. The molecule has 28 heavy (non-hydrogen) atoms. The van der Waals surface area contributed by atoms with Crippen molar-refractivity contribution in [2.24, 2.45) is 5.41 Å². The van der Waals surface area contributed by atoms with E-state index >= 15 is 0 Å². The van der Waals surface area contributed by atoms with Gasteiger partial charge in [-0.3, -0.25) is 9.69 Å². The number of benzene rings is 1. The van der Waals surface area contributed by atoms with Gasteiger partial charge in [0.25, 0.3) is 0 Å². The normalized spacial score (nSPS) is 20.5. The van der Waals surface area contributed by atoms with Crippen LogP contribution in [0.2, 0.25) is 0 Å². The number of piperidine rings is 1. The van der Waals surface area contributed by atoms with E-state index in [1.165, 1.54) is 0 Å². The van der Waals surface area contributed by atoms with Gasteiger partial charge in [0.1, 0.15) is 5.82 Å². The smallest absolute Gasteiger partial charge is 0.313 e. The topological polar surface area (TPSA) is 47.4 Å². The molecule has 5 heteroatoms. The Morgan fingerprint density at radius 3 is 2.86 bits per heavy atom. The molecule has 0 spiro atoms. The zero-order valence-electron chi connectivity index (χ0n) is 17.0. The molecule has 2 heterocycles. The van der Waals surface area contributed by atoms with Gasteiger partial charge in [0.2, 0.25) is 0 Å². The van der Waals surface area contributed by atoms with Crippen LogP contribution in [0.1, 0.15) is 44.5 Å². The lowest BCUT2D eigenvalue weighted by molar-refractivity contribution is -0.159. The fraction of sp³-hybridized carbons (Fsp3) is 0.478. The van der Waals surface area contributed by atoms with Crippen molar-refractivity contribution in [3.63, 3.8) is 0 Å². The van der Waals surface area contributed by atoms with Crippen LogP contribution in [0.15, 0.2) is 48.8 Å². The van der Waals surface area contributed by atoms with Crippen LogP contribution in [0.25, 0.3) is 6.08 Å². The van der Waals surface area contributed by atoms with Gasteiger partial charge in [-0.05, 0) is 45.2 Å². The maximum Gasteiger partial charge on any atom is 0.313 e. The summed E-state index contributed by atoms with van der Waals surface area (Å²) in [5, 5.41) is 0. The van der Waals surface area contributed by atoms with Gasteiger partial charge < -0.3 is 9.30 Å². The van der Waals surface area contributed by atoms with Crippen LogP contribution in [0.4, 0.5) is 0 Å². The summed E-state index contributed by atoms with van der Waals surface area (Å²) in [5.74, 6) is 0.984. The average Bonchev–Trinajstić information content (AvgIpc) is 3.16. The number of allylic oxidation sites excluding steroid dienone is 1. The average molecular weight is 382 g/mol. The molecule has 3 rings (SSSR count). The first-order chi connectivity index (χ1) is 13.7. The molecule has 1 atom stereocenters. The molecular weight excluding hydrogens is 350 g/mol.